The summed E-state index contributed by atoms with van der Waals surface area (Å²) in [7, 11) is 0. The zero-order chi connectivity index (χ0) is 43.3. The Bertz CT molecular complexity index is 3510. The molecule has 4 aliphatic heterocycles. The van der Waals surface area contributed by atoms with Gasteiger partial charge in [0.2, 0.25) is 0 Å². The summed E-state index contributed by atoms with van der Waals surface area (Å²) in [6.45, 7) is 0.0814. The first-order valence-electron chi connectivity index (χ1n) is 22.9. The first-order chi connectivity index (χ1) is 32.8. The maximum absolute atomic E-state index is 2.50. The summed E-state index contributed by atoms with van der Waals surface area (Å²) in [4.78, 5) is 9.88. The van der Waals surface area contributed by atoms with Gasteiger partial charge in [-0.2, -0.15) is 0 Å². The van der Waals surface area contributed by atoms with E-state index in [0.29, 0.717) is 0 Å². The molecule has 0 N–H and O–H groups in total. The molecule has 0 unspecified atom stereocenters. The molecule has 0 bridgehead atoms. The second kappa shape index (κ2) is 14.5. The fraction of sp³-hybridized carbons (Fsp3) is 0. The average molecular weight is 839 g/mol. The summed E-state index contributed by atoms with van der Waals surface area (Å²) in [5.41, 5.74) is 24.5. The summed E-state index contributed by atoms with van der Waals surface area (Å²) in [5, 5.41) is 0. The van der Waals surface area contributed by atoms with E-state index in [1.165, 1.54) is 89.4 Å². The number of benzene rings is 10. The zero-order valence-electron chi connectivity index (χ0n) is 36.0. The Labute approximate surface area is 386 Å². The van der Waals surface area contributed by atoms with Crippen molar-refractivity contribution in [3.8, 4) is 11.1 Å². The predicted molar refractivity (Wildman–Crippen MR) is 280 cm³/mol. The normalized spacial score (nSPS) is 13.6. The van der Waals surface area contributed by atoms with Crippen LogP contribution in [0, 0.1) is 0 Å². The number of rotatable bonds is 5. The van der Waals surface area contributed by atoms with E-state index in [1.54, 1.807) is 0 Å². The standard InChI is InChI=1S/C60H40B2N4/c1-5-19-43(20-6-1)63-51-29-15-13-27-47(51)61-49-37-35-42(40-58(49)66(46-25-11-4-12-26-46)57-34-18-31-54(63)59(57)61)41-36-38-53-50(39-41)62-48-28-14-16-30-52(48)64(44-21-7-2-8-22-44)55-32-17-33-56(60(55)62)65(53)45-23-9-3-10-24-45/h1-40H. The Morgan fingerprint density at radius 2 is 0.530 bits per heavy atom. The molecule has 4 heterocycles. The Hall–Kier alpha value is -8.47. The molecule has 0 saturated carbocycles. The molecule has 14 rings (SSSR count). The zero-order valence-corrected chi connectivity index (χ0v) is 36.0. The topological polar surface area (TPSA) is 13.0 Å². The van der Waals surface area contributed by atoms with Crippen LogP contribution in [0.25, 0.3) is 11.1 Å². The van der Waals surface area contributed by atoms with E-state index in [1.807, 2.05) is 0 Å². The van der Waals surface area contributed by atoms with E-state index in [4.69, 9.17) is 0 Å². The highest BCUT2D eigenvalue weighted by Gasteiger charge is 2.45. The first-order valence-corrected chi connectivity index (χ1v) is 22.9. The molecule has 0 amide bonds. The maximum atomic E-state index is 2.50. The quantitative estimate of drug-likeness (QED) is 0.160. The van der Waals surface area contributed by atoms with Gasteiger partial charge in [0.1, 0.15) is 0 Å². The summed E-state index contributed by atoms with van der Waals surface area (Å²) < 4.78 is 0. The molecule has 0 spiro atoms. The lowest BCUT2D eigenvalue weighted by molar-refractivity contribution is 1.25. The summed E-state index contributed by atoms with van der Waals surface area (Å²) in [6.07, 6.45) is 0. The Morgan fingerprint density at radius 3 is 0.985 bits per heavy atom. The fourth-order valence-electron chi connectivity index (χ4n) is 11.6. The van der Waals surface area contributed by atoms with Crippen LogP contribution in [0.15, 0.2) is 243 Å². The van der Waals surface area contributed by atoms with E-state index in [9.17, 15) is 0 Å². The Morgan fingerprint density at radius 1 is 0.212 bits per heavy atom. The number of para-hydroxylation sites is 6. The summed E-state index contributed by atoms with van der Waals surface area (Å²) in [6, 6.07) is 89.5. The van der Waals surface area contributed by atoms with Crippen LogP contribution in [0.4, 0.5) is 68.2 Å². The van der Waals surface area contributed by atoms with Crippen molar-refractivity contribution in [3.63, 3.8) is 0 Å². The van der Waals surface area contributed by atoms with Gasteiger partial charge in [-0.3, -0.25) is 0 Å². The number of anilines is 12. The third kappa shape index (κ3) is 5.36. The molecule has 10 aromatic carbocycles. The van der Waals surface area contributed by atoms with Gasteiger partial charge in [-0.05, 0) is 141 Å². The fourth-order valence-corrected chi connectivity index (χ4v) is 11.6. The van der Waals surface area contributed by atoms with Crippen LogP contribution in [0.2, 0.25) is 0 Å². The van der Waals surface area contributed by atoms with Crippen LogP contribution in [0.1, 0.15) is 0 Å². The Balaban J connectivity index is 0.982. The lowest BCUT2D eigenvalue weighted by Gasteiger charge is -2.44. The predicted octanol–water partition coefficient (Wildman–Crippen LogP) is 11.5. The van der Waals surface area contributed by atoms with Crippen molar-refractivity contribution < 1.29 is 0 Å². The molecular formula is C60H40B2N4. The second-order valence-electron chi connectivity index (χ2n) is 17.6. The monoisotopic (exact) mass is 838 g/mol. The lowest BCUT2D eigenvalue weighted by Crippen LogP contribution is -2.61. The molecule has 10 aromatic rings. The highest BCUT2D eigenvalue weighted by molar-refractivity contribution is 7.01. The molecule has 0 atom stereocenters. The molecular weight excluding hydrogens is 798 g/mol. The number of nitrogens with zero attached hydrogens (tertiary/aromatic N) is 4. The van der Waals surface area contributed by atoms with E-state index >= 15 is 0 Å². The molecule has 306 valence electrons. The highest BCUT2D eigenvalue weighted by atomic mass is 15.2. The molecule has 66 heavy (non-hydrogen) atoms. The van der Waals surface area contributed by atoms with Crippen molar-refractivity contribution in [1.82, 2.24) is 0 Å². The van der Waals surface area contributed by atoms with Crippen LogP contribution in [-0.2, 0) is 0 Å². The number of hydrogen-bond donors (Lipinski definition) is 0. The minimum atomic E-state index is 0.0253. The van der Waals surface area contributed by atoms with Crippen molar-refractivity contribution in [2.75, 3.05) is 19.6 Å². The van der Waals surface area contributed by atoms with Crippen molar-refractivity contribution in [1.29, 1.82) is 0 Å². The SMILES string of the molecule is c1ccc(N2c3ccccc3B3c4cc(-c5ccc6c(c5)N(c5ccccc5)c5cccc7c5B6c5ccccc5N7c5ccccc5)ccc4N(c4ccccc4)c4cccc2c43)cc1. The molecule has 6 heteroatoms. The van der Waals surface area contributed by atoms with Crippen LogP contribution < -0.4 is 52.4 Å². The third-order valence-corrected chi connectivity index (χ3v) is 14.2. The van der Waals surface area contributed by atoms with E-state index in [-0.39, 0.29) is 13.4 Å². The van der Waals surface area contributed by atoms with Gasteiger partial charge in [0.05, 0.1) is 0 Å². The molecule has 0 fully saturated rings. The van der Waals surface area contributed by atoms with Crippen molar-refractivity contribution in [3.05, 3.63) is 243 Å². The molecule has 0 radical (unpaired) electrons. The van der Waals surface area contributed by atoms with Crippen molar-refractivity contribution in [2.24, 2.45) is 0 Å². The minimum absolute atomic E-state index is 0.0253. The average Bonchev–Trinajstić information content (AvgIpc) is 3.39. The van der Waals surface area contributed by atoms with Gasteiger partial charge in [0.15, 0.2) is 0 Å². The highest BCUT2D eigenvalue weighted by Crippen LogP contribution is 2.47. The smallest absolute Gasteiger partial charge is 0.252 e. The van der Waals surface area contributed by atoms with Gasteiger partial charge < -0.3 is 19.6 Å². The van der Waals surface area contributed by atoms with Crippen LogP contribution in [0.5, 0.6) is 0 Å². The Kier molecular flexibility index (Phi) is 8.14. The van der Waals surface area contributed by atoms with Gasteiger partial charge >= 0.3 is 0 Å². The van der Waals surface area contributed by atoms with Gasteiger partial charge in [-0.15, -0.1) is 0 Å². The van der Waals surface area contributed by atoms with Crippen LogP contribution in [0.3, 0.4) is 0 Å². The van der Waals surface area contributed by atoms with Gasteiger partial charge in [-0.25, -0.2) is 0 Å². The first kappa shape index (κ1) is 37.0. The summed E-state index contributed by atoms with van der Waals surface area (Å²) >= 11 is 0. The third-order valence-electron chi connectivity index (χ3n) is 14.2. The van der Waals surface area contributed by atoms with E-state index < -0.39 is 0 Å². The molecule has 4 nitrogen and oxygen atoms in total. The van der Waals surface area contributed by atoms with Crippen molar-refractivity contribution in [2.45, 2.75) is 0 Å². The molecule has 0 aliphatic carbocycles. The maximum Gasteiger partial charge on any atom is 0.252 e. The van der Waals surface area contributed by atoms with Gasteiger partial charge in [0.25, 0.3) is 13.4 Å². The summed E-state index contributed by atoms with van der Waals surface area (Å²) in [5.74, 6) is 0. The van der Waals surface area contributed by atoms with E-state index in [0.717, 1.165) is 22.7 Å². The number of hydrogen-bond acceptors (Lipinski definition) is 4. The minimum Gasteiger partial charge on any atom is -0.311 e. The lowest BCUT2D eigenvalue weighted by atomic mass is 9.33. The number of fused-ring (bicyclic) bond motifs is 8. The van der Waals surface area contributed by atoms with Crippen LogP contribution >= 0.6 is 0 Å². The largest absolute Gasteiger partial charge is 0.311 e. The second-order valence-corrected chi connectivity index (χ2v) is 17.6. The van der Waals surface area contributed by atoms with Gasteiger partial charge in [0, 0.05) is 68.2 Å². The molecule has 0 aromatic heterocycles. The van der Waals surface area contributed by atoms with Gasteiger partial charge in [-0.1, -0.05) is 146 Å². The molecule has 4 aliphatic rings. The van der Waals surface area contributed by atoms with E-state index in [2.05, 4.69) is 262 Å². The van der Waals surface area contributed by atoms with Crippen molar-refractivity contribution >= 4 is 114 Å². The van der Waals surface area contributed by atoms with Crippen LogP contribution in [-0.4, -0.2) is 13.4 Å². The molecule has 0 saturated heterocycles.